The van der Waals surface area contributed by atoms with E-state index in [9.17, 15) is 9.59 Å². The fourth-order valence-corrected chi connectivity index (χ4v) is 5.24. The van der Waals surface area contributed by atoms with Crippen LogP contribution in [0.2, 0.25) is 0 Å². The summed E-state index contributed by atoms with van der Waals surface area (Å²) in [6, 6.07) is 11.5. The number of aromatic nitrogens is 2. The highest BCUT2D eigenvalue weighted by Crippen LogP contribution is 2.31. The number of anilines is 1. The molecule has 0 atom stereocenters. The van der Waals surface area contributed by atoms with E-state index >= 15 is 0 Å². The maximum Gasteiger partial charge on any atom is 0.255 e. The number of rotatable bonds is 2. The summed E-state index contributed by atoms with van der Waals surface area (Å²) in [5.41, 5.74) is 6.76. The van der Waals surface area contributed by atoms with Crippen molar-refractivity contribution in [2.75, 3.05) is 38.1 Å². The second-order valence-corrected chi connectivity index (χ2v) is 8.49. The molecule has 7 nitrogen and oxygen atoms in total. The summed E-state index contributed by atoms with van der Waals surface area (Å²) in [7, 11) is 2.13. The minimum atomic E-state index is -0.708. The molecule has 0 spiro atoms. The van der Waals surface area contributed by atoms with Crippen LogP contribution < -0.4 is 16.1 Å². The molecule has 0 saturated carbocycles. The number of fused-ring (bicyclic) bond motifs is 5. The first-order chi connectivity index (χ1) is 14.0. The number of nitrogens with two attached hydrogens (primary N) is 1. The smallest absolute Gasteiger partial charge is 0.255 e. The Kier molecular flexibility index (Phi) is 4.25. The van der Waals surface area contributed by atoms with Crippen LogP contribution >= 0.6 is 11.3 Å². The molecule has 0 unspecified atom stereocenters. The normalized spacial score (nSPS) is 16.0. The largest absolute Gasteiger partial charge is 0.365 e. The van der Waals surface area contributed by atoms with Gasteiger partial charge in [-0.3, -0.25) is 14.0 Å². The monoisotopic (exact) mass is 407 g/mol. The van der Waals surface area contributed by atoms with Gasteiger partial charge in [-0.15, -0.1) is 11.3 Å². The van der Waals surface area contributed by atoms with Crippen LogP contribution in [-0.4, -0.2) is 53.4 Å². The van der Waals surface area contributed by atoms with Crippen molar-refractivity contribution in [3.05, 3.63) is 52.2 Å². The molecule has 1 aromatic carbocycles. The highest BCUT2D eigenvalue weighted by Gasteiger charge is 2.22. The van der Waals surface area contributed by atoms with E-state index in [-0.39, 0.29) is 11.0 Å². The second-order valence-electron chi connectivity index (χ2n) is 7.46. The van der Waals surface area contributed by atoms with Crippen molar-refractivity contribution in [2.45, 2.75) is 6.42 Å². The number of para-hydroxylation sites is 1. The Morgan fingerprint density at radius 1 is 1.10 bits per heavy atom. The summed E-state index contributed by atoms with van der Waals surface area (Å²) in [6.07, 6.45) is 1.06. The van der Waals surface area contributed by atoms with E-state index in [4.69, 9.17) is 10.7 Å². The van der Waals surface area contributed by atoms with Crippen molar-refractivity contribution in [3.8, 4) is 0 Å². The number of nitrogens with zero attached hydrogens (tertiary/aromatic N) is 4. The van der Waals surface area contributed by atoms with Gasteiger partial charge in [-0.25, -0.2) is 4.98 Å². The van der Waals surface area contributed by atoms with E-state index in [1.807, 2.05) is 34.7 Å². The van der Waals surface area contributed by atoms with Gasteiger partial charge < -0.3 is 15.5 Å². The summed E-state index contributed by atoms with van der Waals surface area (Å²) in [4.78, 5) is 35.2. The minimum Gasteiger partial charge on any atom is -0.365 e. The number of thiazole rings is 1. The zero-order valence-electron chi connectivity index (χ0n) is 16.1. The summed E-state index contributed by atoms with van der Waals surface area (Å²) in [6.45, 7) is 3.84. The average Bonchev–Trinajstić information content (AvgIpc) is 2.95. The molecule has 8 heteroatoms. The van der Waals surface area contributed by atoms with E-state index in [0.29, 0.717) is 15.9 Å². The fourth-order valence-electron chi connectivity index (χ4n) is 4.05. The highest BCUT2D eigenvalue weighted by molar-refractivity contribution is 7.24. The van der Waals surface area contributed by atoms with Crippen LogP contribution in [0.25, 0.3) is 26.1 Å². The SMILES string of the molecule is CN1CCCN(c2ccc3c(=O)c(C(N)=O)c4sc5ccccc5n4c3n2)CC1. The summed E-state index contributed by atoms with van der Waals surface area (Å²) < 4.78 is 2.88. The van der Waals surface area contributed by atoms with Crippen LogP contribution in [0.3, 0.4) is 0 Å². The van der Waals surface area contributed by atoms with Gasteiger partial charge in [0, 0.05) is 19.6 Å². The van der Waals surface area contributed by atoms with Crippen LogP contribution in [0, 0.1) is 0 Å². The number of pyridine rings is 2. The van der Waals surface area contributed by atoms with Crippen molar-refractivity contribution in [2.24, 2.45) is 5.73 Å². The number of hydrogen-bond acceptors (Lipinski definition) is 6. The maximum atomic E-state index is 13.1. The third-order valence-electron chi connectivity index (χ3n) is 5.56. The van der Waals surface area contributed by atoms with Gasteiger partial charge in [0.05, 0.1) is 15.6 Å². The zero-order valence-corrected chi connectivity index (χ0v) is 16.9. The Bertz CT molecular complexity index is 1330. The van der Waals surface area contributed by atoms with Crippen LogP contribution in [0.5, 0.6) is 0 Å². The third-order valence-corrected chi connectivity index (χ3v) is 6.71. The van der Waals surface area contributed by atoms with Crippen LogP contribution in [0.15, 0.2) is 41.2 Å². The Morgan fingerprint density at radius 2 is 1.93 bits per heavy atom. The van der Waals surface area contributed by atoms with Gasteiger partial charge in [-0.1, -0.05) is 12.1 Å². The standard InChI is InChI=1S/C21H21N5O2S/c1-24-9-4-10-25(12-11-24)16-8-7-13-18(27)17(19(22)28)21-26(20(13)23-16)14-5-2-3-6-15(14)29-21/h2-3,5-8H,4,9-12H2,1H3,(H2,22,28). The maximum absolute atomic E-state index is 13.1. The van der Waals surface area contributed by atoms with E-state index < -0.39 is 5.91 Å². The lowest BCUT2D eigenvalue weighted by Gasteiger charge is -2.22. The quantitative estimate of drug-likeness (QED) is 0.551. The molecule has 29 heavy (non-hydrogen) atoms. The molecule has 0 aliphatic carbocycles. The first-order valence-corrected chi connectivity index (χ1v) is 10.5. The van der Waals surface area contributed by atoms with E-state index in [1.165, 1.54) is 11.3 Å². The molecule has 0 radical (unpaired) electrons. The fraction of sp³-hybridized carbons (Fsp3) is 0.286. The molecule has 0 bridgehead atoms. The van der Waals surface area contributed by atoms with E-state index in [2.05, 4.69) is 16.8 Å². The molecule has 4 aromatic rings. The lowest BCUT2D eigenvalue weighted by atomic mass is 10.1. The third kappa shape index (κ3) is 2.87. The number of likely N-dealkylation sites (N-methyl/N-ethyl adjacent to an activating group) is 1. The van der Waals surface area contributed by atoms with Gasteiger partial charge in [-0.05, 0) is 44.3 Å². The number of carbonyl (C=O) groups excluding carboxylic acids is 1. The predicted molar refractivity (Wildman–Crippen MR) is 117 cm³/mol. The van der Waals surface area contributed by atoms with Crippen molar-refractivity contribution in [3.63, 3.8) is 0 Å². The predicted octanol–water partition coefficient (Wildman–Crippen LogP) is 2.30. The van der Waals surface area contributed by atoms with E-state index in [0.717, 1.165) is 48.6 Å². The van der Waals surface area contributed by atoms with Gasteiger partial charge in [0.2, 0.25) is 5.43 Å². The molecule has 148 valence electrons. The summed E-state index contributed by atoms with van der Waals surface area (Å²) in [5, 5.41) is 0.413. The van der Waals surface area contributed by atoms with Crippen molar-refractivity contribution in [1.82, 2.24) is 14.3 Å². The molecular formula is C21H21N5O2S. The van der Waals surface area contributed by atoms with Gasteiger partial charge in [0.1, 0.15) is 16.2 Å². The van der Waals surface area contributed by atoms with Crippen LogP contribution in [0.1, 0.15) is 16.8 Å². The summed E-state index contributed by atoms with van der Waals surface area (Å²) in [5.74, 6) is 0.142. The van der Waals surface area contributed by atoms with Gasteiger partial charge in [0.25, 0.3) is 5.91 Å². The molecule has 1 amide bonds. The minimum absolute atomic E-state index is 0.0321. The highest BCUT2D eigenvalue weighted by atomic mass is 32.1. The Labute approximate surface area is 171 Å². The Hall–Kier alpha value is -2.97. The molecule has 3 aromatic heterocycles. The topological polar surface area (TPSA) is 83.9 Å². The molecule has 1 fully saturated rings. The van der Waals surface area contributed by atoms with Gasteiger partial charge in [-0.2, -0.15) is 0 Å². The Balaban J connectivity index is 1.83. The number of primary amides is 1. The average molecular weight is 407 g/mol. The molecule has 2 N–H and O–H groups in total. The number of carbonyl (C=O) groups is 1. The molecular weight excluding hydrogens is 386 g/mol. The lowest BCUT2D eigenvalue weighted by molar-refractivity contribution is 0.100. The molecule has 1 saturated heterocycles. The number of amides is 1. The van der Waals surface area contributed by atoms with Crippen LogP contribution in [0.4, 0.5) is 5.82 Å². The number of hydrogen-bond donors (Lipinski definition) is 1. The van der Waals surface area contributed by atoms with E-state index in [1.54, 1.807) is 6.07 Å². The van der Waals surface area contributed by atoms with Crippen LogP contribution in [-0.2, 0) is 0 Å². The summed E-state index contributed by atoms with van der Waals surface area (Å²) >= 11 is 1.39. The van der Waals surface area contributed by atoms with Gasteiger partial charge in [0.15, 0.2) is 5.65 Å². The van der Waals surface area contributed by atoms with Crippen molar-refractivity contribution < 1.29 is 4.79 Å². The first-order valence-electron chi connectivity index (χ1n) is 9.65. The molecule has 5 rings (SSSR count). The van der Waals surface area contributed by atoms with Gasteiger partial charge >= 0.3 is 0 Å². The lowest BCUT2D eigenvalue weighted by Crippen LogP contribution is -2.29. The van der Waals surface area contributed by atoms with Crippen molar-refractivity contribution in [1.29, 1.82) is 0 Å². The molecule has 4 heterocycles. The van der Waals surface area contributed by atoms with Crippen molar-refractivity contribution >= 4 is 49.1 Å². The molecule has 1 aliphatic heterocycles. The number of benzene rings is 1. The zero-order chi connectivity index (χ0) is 20.1. The Morgan fingerprint density at radius 3 is 2.76 bits per heavy atom. The first kappa shape index (κ1) is 18.1. The molecule has 1 aliphatic rings. The second kappa shape index (κ2) is 6.82.